The van der Waals surface area contributed by atoms with Crippen molar-refractivity contribution in [1.29, 1.82) is 0 Å². The van der Waals surface area contributed by atoms with Crippen LogP contribution in [0.25, 0.3) is 11.1 Å². The summed E-state index contributed by atoms with van der Waals surface area (Å²) in [6.07, 6.45) is 4.59. The summed E-state index contributed by atoms with van der Waals surface area (Å²) >= 11 is 0. The molecule has 0 saturated carbocycles. The number of carbonyl (C=O) groups is 1. The van der Waals surface area contributed by atoms with E-state index in [4.69, 9.17) is 9.47 Å². The van der Waals surface area contributed by atoms with Gasteiger partial charge in [-0.2, -0.15) is 0 Å². The van der Waals surface area contributed by atoms with E-state index < -0.39 is 0 Å². The highest BCUT2D eigenvalue weighted by Gasteiger charge is 2.23. The van der Waals surface area contributed by atoms with Crippen LogP contribution in [0.4, 0.5) is 5.69 Å². The lowest BCUT2D eigenvalue weighted by Crippen LogP contribution is -2.32. The number of allylic oxidation sites excluding steroid dienone is 1. The van der Waals surface area contributed by atoms with Gasteiger partial charge in [-0.05, 0) is 109 Å². The van der Waals surface area contributed by atoms with E-state index in [1.807, 2.05) is 48.5 Å². The Bertz CT molecular complexity index is 1540. The highest BCUT2D eigenvalue weighted by atomic mass is 16.5. The topological polar surface area (TPSA) is 42.0 Å². The molecule has 0 aliphatic carbocycles. The number of methoxy groups -OCH3 is 1. The van der Waals surface area contributed by atoms with Crippen molar-refractivity contribution in [2.45, 2.75) is 32.1 Å². The molecule has 1 fully saturated rings. The molecule has 0 radical (unpaired) electrons. The minimum Gasteiger partial charge on any atom is -0.469 e. The summed E-state index contributed by atoms with van der Waals surface area (Å²) in [5.74, 6) is 1.39. The maximum atomic E-state index is 12.3. The van der Waals surface area contributed by atoms with Crippen LogP contribution < -0.4 is 9.64 Å². The van der Waals surface area contributed by atoms with Crippen LogP contribution in [-0.2, 0) is 16.0 Å². The summed E-state index contributed by atoms with van der Waals surface area (Å²) in [6.45, 7) is 5.74. The second kappa shape index (κ2) is 13.7. The van der Waals surface area contributed by atoms with Crippen LogP contribution in [-0.4, -0.2) is 50.7 Å². The second-order valence-electron chi connectivity index (χ2n) is 11.4. The number of ether oxygens (including phenoxy) is 2. The summed E-state index contributed by atoms with van der Waals surface area (Å²) in [7, 11) is 1.45. The molecule has 5 heteroatoms. The van der Waals surface area contributed by atoms with E-state index in [0.29, 0.717) is 12.8 Å². The van der Waals surface area contributed by atoms with Crippen LogP contribution in [0.15, 0.2) is 103 Å². The van der Waals surface area contributed by atoms with E-state index in [1.165, 1.54) is 49.9 Å². The summed E-state index contributed by atoms with van der Waals surface area (Å²) < 4.78 is 11.1. The van der Waals surface area contributed by atoms with Crippen molar-refractivity contribution in [3.05, 3.63) is 125 Å². The molecule has 6 rings (SSSR count). The first-order chi connectivity index (χ1) is 21.2. The van der Waals surface area contributed by atoms with Gasteiger partial charge in [-0.3, -0.25) is 4.79 Å². The first-order valence-electron chi connectivity index (χ1n) is 15.5. The summed E-state index contributed by atoms with van der Waals surface area (Å²) in [6, 6.07) is 35.5. The molecule has 220 valence electrons. The quantitative estimate of drug-likeness (QED) is 0.135. The van der Waals surface area contributed by atoms with Gasteiger partial charge in [-0.1, -0.05) is 66.7 Å². The Labute approximate surface area is 255 Å². The van der Waals surface area contributed by atoms with Crippen LogP contribution in [0.2, 0.25) is 0 Å². The Balaban J connectivity index is 1.37. The molecule has 2 aliphatic heterocycles. The molecule has 0 N–H and O–H groups in total. The molecule has 2 aliphatic rings. The highest BCUT2D eigenvalue weighted by molar-refractivity contribution is 5.99. The molecule has 0 atom stereocenters. The number of fused-ring (bicyclic) bond motifs is 1. The molecular formula is C38H40N2O3. The lowest BCUT2D eigenvalue weighted by molar-refractivity contribution is -0.140. The van der Waals surface area contributed by atoms with Crippen LogP contribution in [0, 0.1) is 0 Å². The monoisotopic (exact) mass is 572 g/mol. The molecule has 0 unspecified atom stereocenters. The Morgan fingerprint density at radius 1 is 0.698 bits per heavy atom. The van der Waals surface area contributed by atoms with Gasteiger partial charge >= 0.3 is 5.97 Å². The second-order valence-corrected chi connectivity index (χ2v) is 11.4. The van der Waals surface area contributed by atoms with Crippen LogP contribution in [0.3, 0.4) is 0 Å². The van der Waals surface area contributed by atoms with Crippen molar-refractivity contribution < 1.29 is 14.3 Å². The van der Waals surface area contributed by atoms with Gasteiger partial charge in [0.05, 0.1) is 7.11 Å². The lowest BCUT2D eigenvalue weighted by Gasteiger charge is -2.24. The maximum Gasteiger partial charge on any atom is 0.305 e. The van der Waals surface area contributed by atoms with Crippen LogP contribution in [0.5, 0.6) is 11.5 Å². The molecule has 43 heavy (non-hydrogen) atoms. The van der Waals surface area contributed by atoms with Gasteiger partial charge in [0, 0.05) is 31.7 Å². The number of esters is 1. The Kier molecular flexibility index (Phi) is 9.19. The zero-order valence-corrected chi connectivity index (χ0v) is 25.0. The van der Waals surface area contributed by atoms with Crippen molar-refractivity contribution in [2.24, 2.45) is 0 Å². The fourth-order valence-electron chi connectivity index (χ4n) is 6.34. The number of hydrogen-bond donors (Lipinski definition) is 0. The number of nitrogens with zero attached hydrogens (tertiary/aromatic N) is 2. The van der Waals surface area contributed by atoms with Gasteiger partial charge in [0.1, 0.15) is 11.5 Å². The summed E-state index contributed by atoms with van der Waals surface area (Å²) in [4.78, 5) is 17.5. The fraction of sp³-hybridized carbons (Fsp3) is 0.289. The lowest BCUT2D eigenvalue weighted by atomic mass is 9.86. The Morgan fingerprint density at radius 3 is 2.09 bits per heavy atom. The first-order valence-corrected chi connectivity index (χ1v) is 15.5. The van der Waals surface area contributed by atoms with Gasteiger partial charge in [0.2, 0.25) is 0 Å². The summed E-state index contributed by atoms with van der Waals surface area (Å²) in [5.41, 5.74) is 8.38. The van der Waals surface area contributed by atoms with Gasteiger partial charge in [0.15, 0.2) is 0 Å². The minimum absolute atomic E-state index is 0.206. The maximum absolute atomic E-state index is 12.3. The average molecular weight is 573 g/mol. The number of anilines is 1. The molecule has 0 bridgehead atoms. The van der Waals surface area contributed by atoms with Crippen LogP contribution >= 0.6 is 0 Å². The van der Waals surface area contributed by atoms with E-state index >= 15 is 0 Å². The van der Waals surface area contributed by atoms with Gasteiger partial charge in [0.25, 0.3) is 0 Å². The zero-order valence-electron chi connectivity index (χ0n) is 25.0. The van der Waals surface area contributed by atoms with E-state index in [2.05, 4.69) is 64.4 Å². The van der Waals surface area contributed by atoms with Gasteiger partial charge in [-0.15, -0.1) is 0 Å². The highest BCUT2D eigenvalue weighted by Crippen LogP contribution is 2.39. The third-order valence-corrected chi connectivity index (χ3v) is 8.60. The number of benzene rings is 4. The summed E-state index contributed by atoms with van der Waals surface area (Å²) in [5, 5.41) is 0. The van der Waals surface area contributed by atoms with Crippen molar-refractivity contribution >= 4 is 22.8 Å². The van der Waals surface area contributed by atoms with E-state index in [9.17, 15) is 4.79 Å². The SMILES string of the molecule is COC(=O)CC/C(=C(\c1ccc(Oc2ccccc2)cc1)c1ccc2c(c1)CCN2CCN1CCCC1)c1ccccc1. The van der Waals surface area contributed by atoms with Gasteiger partial charge < -0.3 is 19.3 Å². The van der Waals surface area contributed by atoms with Crippen molar-refractivity contribution in [3.8, 4) is 11.5 Å². The van der Waals surface area contributed by atoms with E-state index in [1.54, 1.807) is 0 Å². The number of hydrogen-bond acceptors (Lipinski definition) is 5. The predicted molar refractivity (Wildman–Crippen MR) is 175 cm³/mol. The fourth-order valence-corrected chi connectivity index (χ4v) is 6.34. The molecule has 4 aromatic rings. The van der Waals surface area contributed by atoms with Crippen molar-refractivity contribution in [2.75, 3.05) is 44.7 Å². The molecule has 0 spiro atoms. The van der Waals surface area contributed by atoms with E-state index in [-0.39, 0.29) is 5.97 Å². The number of para-hydroxylation sites is 1. The Hall–Kier alpha value is -4.35. The molecule has 1 saturated heterocycles. The molecule has 0 amide bonds. The largest absolute Gasteiger partial charge is 0.469 e. The standard InChI is InChI=1S/C38H40N2O3/c1-42-37(41)21-19-35(29-10-4-2-5-11-29)38(30-14-17-34(18-15-30)43-33-12-6-3-7-13-33)32-16-20-36-31(28-32)22-25-40(36)27-26-39-23-8-9-24-39/h2-7,10-18,20,28H,8-9,19,21-27H2,1H3/b38-35-. The third-order valence-electron chi connectivity index (χ3n) is 8.60. The third kappa shape index (κ3) is 7.00. The van der Waals surface area contributed by atoms with Gasteiger partial charge in [-0.25, -0.2) is 0 Å². The number of rotatable bonds is 11. The minimum atomic E-state index is -0.206. The van der Waals surface area contributed by atoms with Crippen LogP contribution in [0.1, 0.15) is 47.9 Å². The van der Waals surface area contributed by atoms with E-state index in [0.717, 1.165) is 59.8 Å². The Morgan fingerprint density at radius 2 is 1.37 bits per heavy atom. The van der Waals surface area contributed by atoms with Crippen molar-refractivity contribution in [1.82, 2.24) is 4.90 Å². The molecule has 5 nitrogen and oxygen atoms in total. The molecular weight excluding hydrogens is 532 g/mol. The predicted octanol–water partition coefficient (Wildman–Crippen LogP) is 7.85. The average Bonchev–Trinajstić information content (AvgIpc) is 3.73. The zero-order chi connectivity index (χ0) is 29.4. The molecule has 0 aromatic heterocycles. The molecule has 4 aromatic carbocycles. The smallest absolute Gasteiger partial charge is 0.305 e. The number of likely N-dealkylation sites (tertiary alicyclic amines) is 1. The van der Waals surface area contributed by atoms with Crippen molar-refractivity contribution in [3.63, 3.8) is 0 Å². The first kappa shape index (κ1) is 28.8. The normalized spacial score (nSPS) is 15.2. The molecule has 2 heterocycles. The number of carbonyl (C=O) groups excluding carboxylic acids is 1.